The van der Waals surface area contributed by atoms with Crippen molar-refractivity contribution in [1.82, 2.24) is 15.3 Å². The van der Waals surface area contributed by atoms with Gasteiger partial charge in [-0.15, -0.1) is 0 Å². The summed E-state index contributed by atoms with van der Waals surface area (Å²) < 4.78 is 5.11. The molecule has 2 rings (SSSR count). The normalized spacial score (nSPS) is 11.5. The maximum Gasteiger partial charge on any atom is 0.270 e. The SMILES string of the molecule is CC[C@@H](C)NC(=O)CSc1nc(-c2ccc(OC)cc2)c(C#N)c(=O)[nH]1. The van der Waals surface area contributed by atoms with E-state index in [4.69, 9.17) is 4.74 Å². The fraction of sp³-hybridized carbons (Fsp3) is 0.333. The van der Waals surface area contributed by atoms with Crippen LogP contribution in [0.1, 0.15) is 25.8 Å². The van der Waals surface area contributed by atoms with Gasteiger partial charge in [-0.2, -0.15) is 5.26 Å². The Morgan fingerprint density at radius 1 is 1.42 bits per heavy atom. The van der Waals surface area contributed by atoms with E-state index in [0.29, 0.717) is 16.5 Å². The monoisotopic (exact) mass is 372 g/mol. The molecule has 1 atom stereocenters. The summed E-state index contributed by atoms with van der Waals surface area (Å²) >= 11 is 1.12. The highest BCUT2D eigenvalue weighted by Gasteiger charge is 2.15. The molecule has 7 nitrogen and oxygen atoms in total. The summed E-state index contributed by atoms with van der Waals surface area (Å²) in [5.74, 6) is 0.650. The first kappa shape index (κ1) is 19.5. The van der Waals surface area contributed by atoms with E-state index in [1.807, 2.05) is 19.9 Å². The fourth-order valence-corrected chi connectivity index (χ4v) is 2.81. The van der Waals surface area contributed by atoms with Crippen molar-refractivity contribution in [3.05, 3.63) is 40.2 Å². The van der Waals surface area contributed by atoms with E-state index >= 15 is 0 Å². The van der Waals surface area contributed by atoms with E-state index in [-0.39, 0.29) is 29.0 Å². The number of carbonyl (C=O) groups excluding carboxylic acids is 1. The molecule has 26 heavy (non-hydrogen) atoms. The van der Waals surface area contributed by atoms with Crippen LogP contribution >= 0.6 is 11.8 Å². The number of carbonyl (C=O) groups is 1. The number of hydrogen-bond acceptors (Lipinski definition) is 6. The number of aromatic nitrogens is 2. The molecule has 1 aromatic heterocycles. The van der Waals surface area contributed by atoms with Crippen LogP contribution in [0.3, 0.4) is 0 Å². The standard InChI is InChI=1S/C18H20N4O3S/c1-4-11(2)20-15(23)10-26-18-21-16(14(9-19)17(24)22-18)12-5-7-13(25-3)8-6-12/h5-8,11H,4,10H2,1-3H3,(H,20,23)(H,21,22,24)/t11-/m1/s1. The number of benzene rings is 1. The van der Waals surface area contributed by atoms with Crippen molar-refractivity contribution in [2.24, 2.45) is 0 Å². The molecule has 0 bridgehead atoms. The zero-order valence-electron chi connectivity index (χ0n) is 14.8. The molecule has 2 N–H and O–H groups in total. The van der Waals surface area contributed by atoms with Crippen molar-refractivity contribution in [1.29, 1.82) is 5.26 Å². The predicted molar refractivity (Wildman–Crippen MR) is 100 cm³/mol. The number of thioether (sulfide) groups is 1. The Morgan fingerprint density at radius 2 is 2.12 bits per heavy atom. The highest BCUT2D eigenvalue weighted by Crippen LogP contribution is 2.24. The van der Waals surface area contributed by atoms with Crippen LogP contribution in [0.5, 0.6) is 5.75 Å². The van der Waals surface area contributed by atoms with Crippen LogP contribution < -0.4 is 15.6 Å². The smallest absolute Gasteiger partial charge is 0.270 e. The lowest BCUT2D eigenvalue weighted by molar-refractivity contribution is -0.119. The van der Waals surface area contributed by atoms with E-state index in [1.54, 1.807) is 31.4 Å². The molecule has 1 aromatic carbocycles. The topological polar surface area (TPSA) is 108 Å². The Kier molecular flexibility index (Phi) is 6.81. The first-order valence-corrected chi connectivity index (χ1v) is 9.08. The molecule has 0 unspecified atom stereocenters. The summed E-state index contributed by atoms with van der Waals surface area (Å²) in [7, 11) is 1.56. The van der Waals surface area contributed by atoms with Gasteiger partial charge >= 0.3 is 0 Å². The van der Waals surface area contributed by atoms with Crippen LogP contribution in [0.25, 0.3) is 11.3 Å². The van der Waals surface area contributed by atoms with E-state index in [0.717, 1.165) is 18.2 Å². The van der Waals surface area contributed by atoms with E-state index in [2.05, 4.69) is 15.3 Å². The van der Waals surface area contributed by atoms with Gasteiger partial charge in [-0.25, -0.2) is 4.98 Å². The van der Waals surface area contributed by atoms with Crippen molar-refractivity contribution < 1.29 is 9.53 Å². The third-order valence-electron chi connectivity index (χ3n) is 3.73. The van der Waals surface area contributed by atoms with Gasteiger partial charge in [-0.3, -0.25) is 9.59 Å². The number of H-pyrrole nitrogens is 1. The molecular formula is C18H20N4O3S. The summed E-state index contributed by atoms with van der Waals surface area (Å²) in [4.78, 5) is 31.0. The Balaban J connectivity index is 2.27. The van der Waals surface area contributed by atoms with Crippen LogP contribution in [0.15, 0.2) is 34.2 Å². The molecule has 0 spiro atoms. The molecule has 136 valence electrons. The molecule has 0 fully saturated rings. The zero-order chi connectivity index (χ0) is 19.1. The number of nitrogens with zero attached hydrogens (tertiary/aromatic N) is 2. The Labute approximate surface area is 155 Å². The largest absolute Gasteiger partial charge is 0.497 e. The fourth-order valence-electron chi connectivity index (χ4n) is 2.13. The summed E-state index contributed by atoms with van der Waals surface area (Å²) in [5.41, 5.74) is 0.310. The van der Waals surface area contributed by atoms with Crippen molar-refractivity contribution in [2.75, 3.05) is 12.9 Å². The number of nitrogens with one attached hydrogen (secondary N) is 2. The lowest BCUT2D eigenvalue weighted by atomic mass is 10.1. The van der Waals surface area contributed by atoms with Crippen LogP contribution in [0.4, 0.5) is 0 Å². The Bertz CT molecular complexity index is 871. The number of methoxy groups -OCH3 is 1. The maximum absolute atomic E-state index is 12.2. The maximum atomic E-state index is 12.2. The molecule has 0 aliphatic heterocycles. The predicted octanol–water partition coefficient (Wildman–Crippen LogP) is 2.32. The lowest BCUT2D eigenvalue weighted by Crippen LogP contribution is -2.33. The molecule has 0 aliphatic rings. The molecule has 1 heterocycles. The van der Waals surface area contributed by atoms with Crippen molar-refractivity contribution in [2.45, 2.75) is 31.5 Å². The number of hydrogen-bond donors (Lipinski definition) is 2. The number of ether oxygens (including phenoxy) is 1. The van der Waals surface area contributed by atoms with Gasteiger partial charge in [-0.05, 0) is 37.6 Å². The minimum absolute atomic E-state index is 0.0661. The van der Waals surface area contributed by atoms with E-state index in [9.17, 15) is 14.9 Å². The third-order valence-corrected chi connectivity index (χ3v) is 4.61. The van der Waals surface area contributed by atoms with Crippen LogP contribution in [-0.2, 0) is 4.79 Å². The molecule has 0 aliphatic carbocycles. The number of aromatic amines is 1. The van der Waals surface area contributed by atoms with Gasteiger partial charge in [0.15, 0.2) is 5.16 Å². The first-order chi connectivity index (χ1) is 12.5. The van der Waals surface area contributed by atoms with Crippen LogP contribution in [0.2, 0.25) is 0 Å². The Morgan fingerprint density at radius 3 is 2.69 bits per heavy atom. The van der Waals surface area contributed by atoms with E-state index in [1.165, 1.54) is 0 Å². The average Bonchev–Trinajstić information content (AvgIpc) is 2.65. The second-order valence-electron chi connectivity index (χ2n) is 5.60. The summed E-state index contributed by atoms with van der Waals surface area (Å²) in [6.07, 6.45) is 0.837. The first-order valence-electron chi connectivity index (χ1n) is 8.09. The van der Waals surface area contributed by atoms with Gasteiger partial charge in [0.25, 0.3) is 5.56 Å². The highest BCUT2D eigenvalue weighted by molar-refractivity contribution is 7.99. The van der Waals surface area contributed by atoms with Gasteiger partial charge in [0.1, 0.15) is 17.4 Å². The van der Waals surface area contributed by atoms with E-state index < -0.39 is 5.56 Å². The second-order valence-corrected chi connectivity index (χ2v) is 6.56. The molecule has 0 saturated carbocycles. The van der Waals surface area contributed by atoms with Crippen LogP contribution in [0, 0.1) is 11.3 Å². The minimum atomic E-state index is -0.529. The summed E-state index contributed by atoms with van der Waals surface area (Å²) in [5, 5.41) is 12.4. The Hall–Kier alpha value is -2.79. The van der Waals surface area contributed by atoms with Crippen molar-refractivity contribution >= 4 is 17.7 Å². The van der Waals surface area contributed by atoms with Gasteiger partial charge < -0.3 is 15.0 Å². The quantitative estimate of drug-likeness (QED) is 0.570. The number of nitriles is 1. The minimum Gasteiger partial charge on any atom is -0.497 e. The lowest BCUT2D eigenvalue weighted by Gasteiger charge is -2.11. The average molecular weight is 372 g/mol. The molecule has 1 amide bonds. The molecule has 8 heteroatoms. The van der Waals surface area contributed by atoms with Crippen molar-refractivity contribution in [3.63, 3.8) is 0 Å². The van der Waals surface area contributed by atoms with Gasteiger partial charge in [0.2, 0.25) is 5.91 Å². The second kappa shape index (κ2) is 9.06. The van der Waals surface area contributed by atoms with Crippen molar-refractivity contribution in [3.8, 4) is 23.1 Å². The third kappa shape index (κ3) is 4.86. The van der Waals surface area contributed by atoms with Gasteiger partial charge in [0, 0.05) is 11.6 Å². The summed E-state index contributed by atoms with van der Waals surface area (Å²) in [6, 6.07) is 8.89. The zero-order valence-corrected chi connectivity index (χ0v) is 15.6. The summed E-state index contributed by atoms with van der Waals surface area (Å²) in [6.45, 7) is 3.91. The number of rotatable bonds is 7. The highest BCUT2D eigenvalue weighted by atomic mass is 32.2. The van der Waals surface area contributed by atoms with Gasteiger partial charge in [0.05, 0.1) is 18.6 Å². The van der Waals surface area contributed by atoms with Gasteiger partial charge in [-0.1, -0.05) is 18.7 Å². The van der Waals surface area contributed by atoms with Crippen LogP contribution in [-0.4, -0.2) is 34.8 Å². The molecule has 0 radical (unpaired) electrons. The molecular weight excluding hydrogens is 352 g/mol. The number of amides is 1. The molecule has 2 aromatic rings. The molecule has 0 saturated heterocycles.